The third-order valence-electron chi connectivity index (χ3n) is 5.42. The van der Waals surface area contributed by atoms with Crippen molar-refractivity contribution in [2.75, 3.05) is 0 Å². The Hall–Kier alpha value is -3.42. The third kappa shape index (κ3) is 4.38. The Morgan fingerprint density at radius 1 is 1.16 bits per heavy atom. The van der Waals surface area contributed by atoms with Crippen molar-refractivity contribution in [2.24, 2.45) is 5.73 Å². The number of rotatable bonds is 6. The highest BCUT2D eigenvalue weighted by molar-refractivity contribution is 5.94. The summed E-state index contributed by atoms with van der Waals surface area (Å²) in [6.07, 6.45) is 3.31. The summed E-state index contributed by atoms with van der Waals surface area (Å²) in [6.45, 7) is 1.78. The lowest BCUT2D eigenvalue weighted by atomic mass is 9.92. The highest BCUT2D eigenvalue weighted by Crippen LogP contribution is 2.36. The van der Waals surface area contributed by atoms with E-state index in [0.29, 0.717) is 6.42 Å². The number of aliphatic hydroxyl groups is 1. The molecule has 0 saturated carbocycles. The van der Waals surface area contributed by atoms with E-state index < -0.39 is 12.2 Å². The van der Waals surface area contributed by atoms with Crippen LogP contribution in [-0.2, 0) is 27.5 Å². The number of aliphatic hydroxyl groups excluding tert-OH is 1. The fourth-order valence-corrected chi connectivity index (χ4v) is 3.84. The van der Waals surface area contributed by atoms with E-state index in [0.717, 1.165) is 27.6 Å². The number of nitrogens with two attached hydrogens (primary N) is 1. The van der Waals surface area contributed by atoms with Crippen LogP contribution in [0.15, 0.2) is 66.6 Å². The second kappa shape index (κ2) is 8.75. The van der Waals surface area contributed by atoms with E-state index in [1.165, 1.54) is 6.92 Å². The molecular formula is C24H24N2O5. The topological polar surface area (TPSA) is 104 Å². The molecule has 0 radical (unpaired) electrons. The van der Waals surface area contributed by atoms with E-state index in [1.807, 2.05) is 54.7 Å². The highest BCUT2D eigenvalue weighted by atomic mass is 16.7. The van der Waals surface area contributed by atoms with Crippen molar-refractivity contribution >= 4 is 22.7 Å². The summed E-state index contributed by atoms with van der Waals surface area (Å²) in [5, 5.41) is 10.1. The molecule has 31 heavy (non-hydrogen) atoms. The zero-order valence-corrected chi connectivity index (χ0v) is 17.2. The van der Waals surface area contributed by atoms with Crippen molar-refractivity contribution in [1.82, 2.24) is 4.57 Å². The first kappa shape index (κ1) is 20.8. The zero-order chi connectivity index (χ0) is 22.0. The van der Waals surface area contributed by atoms with Crippen LogP contribution < -0.4 is 5.73 Å². The van der Waals surface area contributed by atoms with Crippen LogP contribution in [-0.4, -0.2) is 27.8 Å². The van der Waals surface area contributed by atoms with Gasteiger partial charge in [0.25, 0.3) is 5.91 Å². The van der Waals surface area contributed by atoms with Crippen LogP contribution in [0.2, 0.25) is 0 Å². The lowest BCUT2D eigenvalue weighted by Crippen LogP contribution is -2.29. The number of benzene rings is 2. The summed E-state index contributed by atoms with van der Waals surface area (Å²) < 4.78 is 13.2. The first-order valence-electron chi connectivity index (χ1n) is 10.1. The molecular weight excluding hydrogens is 396 g/mol. The van der Waals surface area contributed by atoms with Crippen molar-refractivity contribution in [3.8, 4) is 0 Å². The van der Waals surface area contributed by atoms with Crippen LogP contribution in [0.25, 0.3) is 10.9 Å². The molecule has 3 aromatic rings. The number of nitrogens with zero attached hydrogens (tertiary/aromatic N) is 1. The van der Waals surface area contributed by atoms with Crippen molar-refractivity contribution < 1.29 is 24.2 Å². The summed E-state index contributed by atoms with van der Waals surface area (Å²) in [7, 11) is 0. The Balaban J connectivity index is 1.60. The van der Waals surface area contributed by atoms with Crippen LogP contribution in [0.4, 0.5) is 0 Å². The van der Waals surface area contributed by atoms with Gasteiger partial charge in [0.15, 0.2) is 5.76 Å². The highest BCUT2D eigenvalue weighted by Gasteiger charge is 2.30. The van der Waals surface area contributed by atoms with E-state index in [-0.39, 0.29) is 30.8 Å². The number of allylic oxidation sites excluding steroid dienone is 1. The maximum atomic E-state index is 12.1. The molecule has 3 N–H and O–H groups in total. The Morgan fingerprint density at radius 3 is 2.55 bits per heavy atom. The van der Waals surface area contributed by atoms with Gasteiger partial charge in [-0.2, -0.15) is 0 Å². The van der Waals surface area contributed by atoms with Gasteiger partial charge in [0.05, 0.1) is 18.7 Å². The van der Waals surface area contributed by atoms with E-state index >= 15 is 0 Å². The summed E-state index contributed by atoms with van der Waals surface area (Å²) in [5.74, 6) is -0.909. The monoisotopic (exact) mass is 420 g/mol. The minimum Gasteiger partial charge on any atom is -0.459 e. The summed E-state index contributed by atoms with van der Waals surface area (Å²) in [4.78, 5) is 24.0. The molecule has 1 aromatic heterocycles. The van der Waals surface area contributed by atoms with Crippen LogP contribution in [0.3, 0.4) is 0 Å². The first-order chi connectivity index (χ1) is 15.0. The van der Waals surface area contributed by atoms with Gasteiger partial charge in [-0.15, -0.1) is 0 Å². The van der Waals surface area contributed by atoms with Gasteiger partial charge >= 0.3 is 0 Å². The average Bonchev–Trinajstić information content (AvgIpc) is 3.18. The van der Waals surface area contributed by atoms with Gasteiger partial charge in [0.2, 0.25) is 12.2 Å². The molecule has 1 amide bonds. The van der Waals surface area contributed by atoms with Gasteiger partial charge in [-0.3, -0.25) is 14.2 Å². The number of primary amides is 1. The molecule has 160 valence electrons. The Morgan fingerprint density at radius 2 is 1.87 bits per heavy atom. The number of para-hydroxylation sites is 1. The molecule has 2 aromatic carbocycles. The number of carbonyl (C=O) groups is 2. The molecule has 0 fully saturated rings. The molecule has 0 bridgehead atoms. The minimum atomic E-state index is -0.672. The Bertz CT molecular complexity index is 1150. The van der Waals surface area contributed by atoms with Crippen molar-refractivity contribution in [3.05, 3.63) is 83.3 Å². The molecule has 0 unspecified atom stereocenters. The van der Waals surface area contributed by atoms with Gasteiger partial charge < -0.3 is 20.3 Å². The SMILES string of the molecule is CC(=O)n1cc([C@@H]2C=C(C(N)=O)O[C@H](OCc3ccc(CO)cc3)C2)c2ccccc21. The lowest BCUT2D eigenvalue weighted by molar-refractivity contribution is -0.148. The average molecular weight is 420 g/mol. The molecule has 1 aliphatic heterocycles. The molecule has 0 saturated heterocycles. The second-order valence-corrected chi connectivity index (χ2v) is 7.56. The van der Waals surface area contributed by atoms with Gasteiger partial charge in [-0.25, -0.2) is 0 Å². The van der Waals surface area contributed by atoms with Gasteiger partial charge in [-0.1, -0.05) is 42.5 Å². The summed E-state index contributed by atoms with van der Waals surface area (Å²) in [5.41, 5.74) is 8.96. The molecule has 2 heterocycles. The number of hydrogen-bond donors (Lipinski definition) is 2. The first-order valence-corrected chi connectivity index (χ1v) is 10.1. The predicted molar refractivity (Wildman–Crippen MR) is 115 cm³/mol. The molecule has 0 aliphatic carbocycles. The number of carbonyl (C=O) groups excluding carboxylic acids is 2. The molecule has 1 aliphatic rings. The summed E-state index contributed by atoms with van der Waals surface area (Å²) >= 11 is 0. The number of ether oxygens (including phenoxy) is 2. The molecule has 7 heteroatoms. The van der Waals surface area contributed by atoms with Crippen LogP contribution in [0, 0.1) is 0 Å². The van der Waals surface area contributed by atoms with Crippen LogP contribution in [0.5, 0.6) is 0 Å². The maximum absolute atomic E-state index is 12.1. The van der Waals surface area contributed by atoms with Gasteiger partial charge in [0, 0.05) is 30.8 Å². The van der Waals surface area contributed by atoms with E-state index in [1.54, 1.807) is 10.6 Å². The summed E-state index contributed by atoms with van der Waals surface area (Å²) in [6, 6.07) is 15.0. The van der Waals surface area contributed by atoms with Crippen LogP contribution in [0.1, 0.15) is 40.7 Å². The Labute approximate surface area is 179 Å². The fourth-order valence-electron chi connectivity index (χ4n) is 3.84. The molecule has 4 rings (SSSR count). The number of hydrogen-bond acceptors (Lipinski definition) is 5. The van der Waals surface area contributed by atoms with E-state index in [4.69, 9.17) is 20.3 Å². The molecule has 2 atom stereocenters. The quantitative estimate of drug-likeness (QED) is 0.637. The van der Waals surface area contributed by atoms with E-state index in [2.05, 4.69) is 0 Å². The number of amides is 1. The largest absolute Gasteiger partial charge is 0.459 e. The molecule has 7 nitrogen and oxygen atoms in total. The minimum absolute atomic E-state index is 0.0187. The van der Waals surface area contributed by atoms with Gasteiger partial charge in [0.1, 0.15) is 0 Å². The van der Waals surface area contributed by atoms with Crippen LogP contribution >= 0.6 is 0 Å². The Kier molecular flexibility index (Phi) is 5.88. The predicted octanol–water partition coefficient (Wildman–Crippen LogP) is 3.21. The van der Waals surface area contributed by atoms with Gasteiger partial charge in [-0.05, 0) is 28.8 Å². The number of fused-ring (bicyclic) bond motifs is 1. The fraction of sp³-hybridized carbons (Fsp3) is 0.250. The third-order valence-corrected chi connectivity index (χ3v) is 5.42. The van der Waals surface area contributed by atoms with Crippen molar-refractivity contribution in [1.29, 1.82) is 0 Å². The molecule has 0 spiro atoms. The second-order valence-electron chi connectivity index (χ2n) is 7.56. The smallest absolute Gasteiger partial charge is 0.283 e. The number of aromatic nitrogens is 1. The maximum Gasteiger partial charge on any atom is 0.283 e. The standard InChI is InChI=1S/C24H24N2O5/c1-15(28)26-12-20(19-4-2-3-5-21(19)26)18-10-22(24(25)29)31-23(11-18)30-14-17-8-6-16(13-27)7-9-17/h2-10,12,18,23,27H,11,13-14H2,1H3,(H2,25,29)/t18-,23+/m1/s1. The zero-order valence-electron chi connectivity index (χ0n) is 17.2. The van der Waals surface area contributed by atoms with Crippen molar-refractivity contribution in [3.63, 3.8) is 0 Å². The normalized spacial score (nSPS) is 18.5. The lowest BCUT2D eigenvalue weighted by Gasteiger charge is -2.28. The van der Waals surface area contributed by atoms with Crippen molar-refractivity contribution in [2.45, 2.75) is 38.8 Å². The van der Waals surface area contributed by atoms with E-state index in [9.17, 15) is 9.59 Å².